The third kappa shape index (κ3) is 3.79. The van der Waals surface area contributed by atoms with Crippen molar-refractivity contribution in [3.8, 4) is 5.75 Å². The average Bonchev–Trinajstić information content (AvgIpc) is 2.75. The van der Waals surface area contributed by atoms with E-state index in [1.165, 1.54) is 50.5 Å². The summed E-state index contributed by atoms with van der Waals surface area (Å²) in [6.45, 7) is 0.117. The van der Waals surface area contributed by atoms with Crippen LogP contribution in [0.5, 0.6) is 5.75 Å². The fourth-order valence-electron chi connectivity index (χ4n) is 3.32. The number of amides is 1. The first kappa shape index (κ1) is 14.9. The van der Waals surface area contributed by atoms with Crippen LogP contribution in [-0.2, 0) is 4.79 Å². The molecule has 1 amide bonds. The Morgan fingerprint density at radius 3 is 2.76 bits per heavy atom. The van der Waals surface area contributed by atoms with Crippen molar-refractivity contribution in [2.75, 3.05) is 11.9 Å². The molecule has 1 aromatic carbocycles. The Bertz CT molecular complexity index is 510. The zero-order chi connectivity index (χ0) is 14.7. The number of anilines is 1. The summed E-state index contributed by atoms with van der Waals surface area (Å²) in [5, 5.41) is 2.88. The summed E-state index contributed by atoms with van der Waals surface area (Å²) in [5.41, 5.74) is 2.03. The van der Waals surface area contributed by atoms with E-state index in [1.54, 1.807) is 0 Å². The molecular formula is C17H22BrNO2. The van der Waals surface area contributed by atoms with Crippen LogP contribution in [0.4, 0.5) is 5.69 Å². The van der Waals surface area contributed by atoms with E-state index < -0.39 is 0 Å². The van der Waals surface area contributed by atoms with E-state index in [2.05, 4.69) is 27.3 Å². The number of carbonyl (C=O) groups is 1. The van der Waals surface area contributed by atoms with Gasteiger partial charge in [-0.15, -0.1) is 0 Å². The minimum Gasteiger partial charge on any atom is -0.482 e. The van der Waals surface area contributed by atoms with Crippen LogP contribution in [0.25, 0.3) is 0 Å². The van der Waals surface area contributed by atoms with Crippen LogP contribution in [0.3, 0.4) is 0 Å². The van der Waals surface area contributed by atoms with Gasteiger partial charge in [-0.1, -0.05) is 60.5 Å². The summed E-state index contributed by atoms with van der Waals surface area (Å²) in [7, 11) is 0. The molecule has 0 bridgehead atoms. The highest BCUT2D eigenvalue weighted by Gasteiger charge is 2.21. The zero-order valence-corrected chi connectivity index (χ0v) is 13.8. The quantitative estimate of drug-likeness (QED) is 0.626. The molecule has 0 aromatic heterocycles. The topological polar surface area (TPSA) is 38.3 Å². The van der Waals surface area contributed by atoms with Crippen molar-refractivity contribution >= 4 is 27.5 Å². The van der Waals surface area contributed by atoms with Gasteiger partial charge in [-0.05, 0) is 30.0 Å². The Morgan fingerprint density at radius 2 is 2.00 bits per heavy atom. The predicted molar refractivity (Wildman–Crippen MR) is 88.0 cm³/mol. The smallest absolute Gasteiger partial charge is 0.262 e. The van der Waals surface area contributed by atoms with E-state index in [4.69, 9.17) is 4.74 Å². The Hall–Kier alpha value is -1.03. The van der Waals surface area contributed by atoms with Gasteiger partial charge in [-0.25, -0.2) is 0 Å². The summed E-state index contributed by atoms with van der Waals surface area (Å²) in [6, 6.07) is 6.11. The van der Waals surface area contributed by atoms with E-state index in [0.29, 0.717) is 4.83 Å². The molecule has 4 heteroatoms. The number of alkyl halides is 1. The highest BCUT2D eigenvalue weighted by atomic mass is 79.9. The van der Waals surface area contributed by atoms with Crippen molar-refractivity contribution in [2.45, 2.75) is 49.8 Å². The van der Waals surface area contributed by atoms with Crippen molar-refractivity contribution in [3.63, 3.8) is 0 Å². The monoisotopic (exact) mass is 351 g/mol. The summed E-state index contributed by atoms with van der Waals surface area (Å²) < 4.78 is 5.41. The lowest BCUT2D eigenvalue weighted by Gasteiger charge is -2.22. The van der Waals surface area contributed by atoms with E-state index in [9.17, 15) is 4.79 Å². The molecule has 21 heavy (non-hydrogen) atoms. The van der Waals surface area contributed by atoms with Crippen LogP contribution in [0.1, 0.15) is 55.3 Å². The van der Waals surface area contributed by atoms with E-state index in [1.807, 2.05) is 12.1 Å². The van der Waals surface area contributed by atoms with Gasteiger partial charge in [-0.3, -0.25) is 4.79 Å². The Labute approximate surface area is 134 Å². The lowest BCUT2D eigenvalue weighted by atomic mass is 9.92. The fourth-order valence-corrected chi connectivity index (χ4v) is 4.14. The van der Waals surface area contributed by atoms with Crippen LogP contribution in [0.15, 0.2) is 18.2 Å². The number of benzene rings is 1. The number of carbonyl (C=O) groups excluding carboxylic acids is 1. The minimum absolute atomic E-state index is 0.0745. The van der Waals surface area contributed by atoms with Gasteiger partial charge in [0, 0.05) is 4.83 Å². The second-order valence-corrected chi connectivity index (χ2v) is 7.26. The van der Waals surface area contributed by atoms with E-state index >= 15 is 0 Å². The van der Waals surface area contributed by atoms with Crippen molar-refractivity contribution in [2.24, 2.45) is 5.92 Å². The third-order valence-electron chi connectivity index (χ3n) is 4.51. The Morgan fingerprint density at radius 1 is 1.24 bits per heavy atom. The molecule has 1 N–H and O–H groups in total. The SMILES string of the molecule is O=C1COc2ccc(C(Br)CC3CCCCCC3)cc2N1. The molecule has 1 aromatic rings. The van der Waals surface area contributed by atoms with Crippen LogP contribution >= 0.6 is 15.9 Å². The molecule has 1 saturated carbocycles. The van der Waals surface area contributed by atoms with E-state index in [0.717, 1.165) is 17.4 Å². The summed E-state index contributed by atoms with van der Waals surface area (Å²) in [5.74, 6) is 1.51. The van der Waals surface area contributed by atoms with Gasteiger partial charge in [0.05, 0.1) is 5.69 Å². The number of fused-ring (bicyclic) bond motifs is 1. The molecule has 1 aliphatic heterocycles. The maximum absolute atomic E-state index is 11.4. The number of hydrogen-bond acceptors (Lipinski definition) is 2. The molecule has 0 radical (unpaired) electrons. The first-order valence-corrected chi connectivity index (χ1v) is 8.84. The lowest BCUT2D eigenvalue weighted by Crippen LogP contribution is -2.25. The van der Waals surface area contributed by atoms with Crippen molar-refractivity contribution in [1.29, 1.82) is 0 Å². The van der Waals surface area contributed by atoms with Crippen molar-refractivity contribution in [1.82, 2.24) is 0 Å². The minimum atomic E-state index is -0.0745. The standard InChI is InChI=1S/C17H22BrNO2/c18-14(9-12-5-3-1-2-4-6-12)13-7-8-16-15(10-13)19-17(20)11-21-16/h7-8,10,12,14H,1-6,9,11H2,(H,19,20). The van der Waals surface area contributed by atoms with Crippen LogP contribution in [-0.4, -0.2) is 12.5 Å². The normalized spacial score (nSPS) is 20.9. The summed E-state index contributed by atoms with van der Waals surface area (Å²) in [4.78, 5) is 11.8. The van der Waals surface area contributed by atoms with Crippen LogP contribution < -0.4 is 10.1 Å². The maximum Gasteiger partial charge on any atom is 0.262 e. The number of rotatable bonds is 3. The number of ether oxygens (including phenoxy) is 1. The fraction of sp³-hybridized carbons (Fsp3) is 0.588. The number of hydrogen-bond donors (Lipinski definition) is 1. The largest absolute Gasteiger partial charge is 0.482 e. The molecule has 1 atom stereocenters. The molecule has 2 aliphatic rings. The zero-order valence-electron chi connectivity index (χ0n) is 12.2. The van der Waals surface area contributed by atoms with Crippen molar-refractivity contribution in [3.05, 3.63) is 23.8 Å². The van der Waals surface area contributed by atoms with Gasteiger partial charge in [0.25, 0.3) is 5.91 Å². The molecule has 1 aliphatic carbocycles. The molecule has 1 fully saturated rings. The van der Waals surface area contributed by atoms with Gasteiger partial charge < -0.3 is 10.1 Å². The molecule has 1 unspecified atom stereocenters. The Balaban J connectivity index is 1.68. The second-order valence-electron chi connectivity index (χ2n) is 6.15. The summed E-state index contributed by atoms with van der Waals surface area (Å²) in [6.07, 6.45) is 9.42. The average molecular weight is 352 g/mol. The van der Waals surface area contributed by atoms with Crippen LogP contribution in [0, 0.1) is 5.92 Å². The first-order chi connectivity index (χ1) is 10.2. The molecule has 0 saturated heterocycles. The van der Waals surface area contributed by atoms with Gasteiger partial charge >= 0.3 is 0 Å². The van der Waals surface area contributed by atoms with Crippen molar-refractivity contribution < 1.29 is 9.53 Å². The number of halogens is 1. The molecule has 1 heterocycles. The predicted octanol–water partition coefficient (Wildman–Crippen LogP) is 4.81. The highest BCUT2D eigenvalue weighted by molar-refractivity contribution is 9.09. The highest BCUT2D eigenvalue weighted by Crippen LogP contribution is 2.38. The Kier molecular flexibility index (Phi) is 4.84. The molecule has 114 valence electrons. The molecule has 3 rings (SSSR count). The lowest BCUT2D eigenvalue weighted by molar-refractivity contribution is -0.118. The first-order valence-electron chi connectivity index (χ1n) is 7.93. The number of nitrogens with one attached hydrogen (secondary N) is 1. The van der Waals surface area contributed by atoms with Gasteiger partial charge in [-0.2, -0.15) is 0 Å². The van der Waals surface area contributed by atoms with Gasteiger partial charge in [0.15, 0.2) is 6.61 Å². The third-order valence-corrected chi connectivity index (χ3v) is 5.42. The molecule has 3 nitrogen and oxygen atoms in total. The summed E-state index contributed by atoms with van der Waals surface area (Å²) >= 11 is 3.84. The second kappa shape index (κ2) is 6.82. The van der Waals surface area contributed by atoms with Gasteiger partial charge in [0.2, 0.25) is 0 Å². The van der Waals surface area contributed by atoms with Gasteiger partial charge in [0.1, 0.15) is 5.75 Å². The maximum atomic E-state index is 11.4. The van der Waals surface area contributed by atoms with E-state index in [-0.39, 0.29) is 12.5 Å². The molecular weight excluding hydrogens is 330 g/mol. The van der Waals surface area contributed by atoms with Crippen LogP contribution in [0.2, 0.25) is 0 Å². The molecule has 0 spiro atoms.